The van der Waals surface area contributed by atoms with E-state index >= 15 is 0 Å². The van der Waals surface area contributed by atoms with Crippen molar-refractivity contribution >= 4 is 17.2 Å². The first-order valence-electron chi connectivity index (χ1n) is 7.32. The highest BCUT2D eigenvalue weighted by Crippen LogP contribution is 2.35. The molecule has 3 aromatic rings. The minimum atomic E-state index is -4.55. The van der Waals surface area contributed by atoms with Crippen LogP contribution in [0.2, 0.25) is 0 Å². The van der Waals surface area contributed by atoms with E-state index in [1.165, 1.54) is 9.58 Å². The highest BCUT2D eigenvalue weighted by molar-refractivity contribution is 7.17. The molecule has 4 nitrogen and oxygen atoms in total. The van der Waals surface area contributed by atoms with Gasteiger partial charge in [0.2, 0.25) is 0 Å². The molecule has 0 fully saturated rings. The average Bonchev–Trinajstić information content (AvgIpc) is 3.21. The number of thiophene rings is 1. The number of amides is 1. The van der Waals surface area contributed by atoms with Crippen LogP contribution in [0.4, 0.5) is 13.2 Å². The lowest BCUT2D eigenvalue weighted by molar-refractivity contribution is -0.141. The zero-order valence-electron chi connectivity index (χ0n) is 13.4. The Kier molecular flexibility index (Phi) is 4.38. The van der Waals surface area contributed by atoms with Crippen molar-refractivity contribution in [3.8, 4) is 16.3 Å². The van der Waals surface area contributed by atoms with Gasteiger partial charge in [-0.2, -0.15) is 18.3 Å². The highest BCUT2D eigenvalue weighted by atomic mass is 32.1. The fourth-order valence-electron chi connectivity index (χ4n) is 2.27. The number of alkyl halides is 3. The molecule has 0 saturated carbocycles. The summed E-state index contributed by atoms with van der Waals surface area (Å²) in [6.07, 6.45) is -4.55. The lowest BCUT2D eigenvalue weighted by atomic mass is 10.2. The van der Waals surface area contributed by atoms with E-state index in [0.717, 1.165) is 17.4 Å². The van der Waals surface area contributed by atoms with E-state index in [1.807, 2.05) is 0 Å². The first-order valence-corrected chi connectivity index (χ1v) is 8.13. The van der Waals surface area contributed by atoms with Gasteiger partial charge in [0.1, 0.15) is 0 Å². The first kappa shape index (κ1) is 17.2. The molecule has 0 saturated heterocycles. The molecule has 2 aromatic heterocycles. The minimum Gasteiger partial charge on any atom is -0.344 e. The van der Waals surface area contributed by atoms with Crippen molar-refractivity contribution < 1.29 is 18.0 Å². The minimum absolute atomic E-state index is 0.196. The second-order valence-corrected chi connectivity index (χ2v) is 6.61. The largest absolute Gasteiger partial charge is 0.435 e. The Labute approximate surface area is 146 Å². The Morgan fingerprint density at radius 3 is 2.40 bits per heavy atom. The van der Waals surface area contributed by atoms with Crippen molar-refractivity contribution in [3.05, 3.63) is 59.1 Å². The molecule has 130 valence electrons. The van der Waals surface area contributed by atoms with E-state index in [4.69, 9.17) is 0 Å². The van der Waals surface area contributed by atoms with E-state index in [9.17, 15) is 18.0 Å². The molecule has 2 heterocycles. The Balaban J connectivity index is 2.12. The van der Waals surface area contributed by atoms with Crippen molar-refractivity contribution in [1.29, 1.82) is 0 Å². The third kappa shape index (κ3) is 3.43. The molecule has 0 unspecified atom stereocenters. The number of carbonyl (C=O) groups excluding carboxylic acids is 1. The van der Waals surface area contributed by atoms with E-state index in [1.54, 1.807) is 56.6 Å². The van der Waals surface area contributed by atoms with E-state index in [2.05, 4.69) is 5.10 Å². The maximum atomic E-state index is 13.1. The molecular weight excluding hydrogens is 351 g/mol. The third-order valence-corrected chi connectivity index (χ3v) is 4.57. The molecule has 0 N–H and O–H groups in total. The number of halogens is 3. The maximum absolute atomic E-state index is 13.1. The van der Waals surface area contributed by atoms with Crippen LogP contribution in [0, 0.1) is 0 Å². The van der Waals surface area contributed by atoms with E-state index in [-0.39, 0.29) is 5.91 Å². The summed E-state index contributed by atoms with van der Waals surface area (Å²) in [4.78, 5) is 14.5. The molecule has 1 amide bonds. The monoisotopic (exact) mass is 365 g/mol. The topological polar surface area (TPSA) is 38.1 Å². The Bertz CT molecular complexity index is 898. The van der Waals surface area contributed by atoms with Crippen molar-refractivity contribution in [3.63, 3.8) is 0 Å². The lowest BCUT2D eigenvalue weighted by Crippen LogP contribution is -2.20. The number of hydrogen-bond acceptors (Lipinski definition) is 3. The van der Waals surface area contributed by atoms with Crippen LogP contribution in [0.15, 0.2) is 48.5 Å². The van der Waals surface area contributed by atoms with Gasteiger partial charge in [0.15, 0.2) is 5.69 Å². The van der Waals surface area contributed by atoms with Gasteiger partial charge in [0.05, 0.1) is 21.1 Å². The van der Waals surface area contributed by atoms with Gasteiger partial charge in [0.25, 0.3) is 5.91 Å². The predicted molar refractivity (Wildman–Crippen MR) is 89.9 cm³/mol. The van der Waals surface area contributed by atoms with Crippen LogP contribution in [0.25, 0.3) is 16.3 Å². The summed E-state index contributed by atoms with van der Waals surface area (Å²) in [5, 5.41) is 3.72. The Morgan fingerprint density at radius 1 is 1.12 bits per heavy atom. The number of benzene rings is 1. The van der Waals surface area contributed by atoms with Gasteiger partial charge in [-0.1, -0.05) is 18.2 Å². The van der Waals surface area contributed by atoms with Crippen LogP contribution in [-0.2, 0) is 6.18 Å². The standard InChI is InChI=1S/C17H14F3N3OS/c1-22(2)16(24)14-9-8-13(25-14)12-10-15(17(18,19)20)21-23(12)11-6-4-3-5-7-11/h3-10H,1-2H3. The zero-order valence-corrected chi connectivity index (χ0v) is 14.2. The quantitative estimate of drug-likeness (QED) is 0.693. The number of carbonyl (C=O) groups is 1. The number of hydrogen-bond donors (Lipinski definition) is 0. The summed E-state index contributed by atoms with van der Waals surface area (Å²) < 4.78 is 40.6. The first-order chi connectivity index (χ1) is 11.8. The van der Waals surface area contributed by atoms with E-state index < -0.39 is 11.9 Å². The van der Waals surface area contributed by atoms with Crippen molar-refractivity contribution in [1.82, 2.24) is 14.7 Å². The molecule has 0 aliphatic carbocycles. The molecule has 3 rings (SSSR count). The average molecular weight is 365 g/mol. The van der Waals surface area contributed by atoms with Crippen molar-refractivity contribution in [2.45, 2.75) is 6.18 Å². The zero-order chi connectivity index (χ0) is 18.2. The van der Waals surface area contributed by atoms with Crippen LogP contribution in [-0.4, -0.2) is 34.7 Å². The van der Waals surface area contributed by atoms with Crippen LogP contribution in [0.5, 0.6) is 0 Å². The summed E-state index contributed by atoms with van der Waals surface area (Å²) in [5.41, 5.74) is -0.163. The van der Waals surface area contributed by atoms with Gasteiger partial charge in [0, 0.05) is 14.1 Å². The SMILES string of the molecule is CN(C)C(=O)c1ccc(-c2cc(C(F)(F)F)nn2-c2ccccc2)s1. The molecule has 25 heavy (non-hydrogen) atoms. The molecular formula is C17H14F3N3OS. The smallest absolute Gasteiger partial charge is 0.344 e. The number of nitrogens with zero attached hydrogens (tertiary/aromatic N) is 3. The second kappa shape index (κ2) is 6.36. The van der Waals surface area contributed by atoms with Crippen LogP contribution in [0.1, 0.15) is 15.4 Å². The molecule has 0 aliphatic heterocycles. The summed E-state index contributed by atoms with van der Waals surface area (Å²) in [6, 6.07) is 12.8. The van der Waals surface area contributed by atoms with Crippen LogP contribution < -0.4 is 0 Å². The van der Waals surface area contributed by atoms with Gasteiger partial charge in [-0.15, -0.1) is 11.3 Å². The highest BCUT2D eigenvalue weighted by Gasteiger charge is 2.35. The fourth-order valence-corrected chi connectivity index (χ4v) is 3.30. The van der Waals surface area contributed by atoms with E-state index in [0.29, 0.717) is 21.1 Å². The molecule has 1 aromatic carbocycles. The third-order valence-electron chi connectivity index (χ3n) is 3.48. The molecule has 8 heteroatoms. The summed E-state index contributed by atoms with van der Waals surface area (Å²) in [7, 11) is 3.25. The lowest BCUT2D eigenvalue weighted by Gasteiger charge is -2.07. The van der Waals surface area contributed by atoms with Crippen molar-refractivity contribution in [2.75, 3.05) is 14.1 Å². The fraction of sp³-hybridized carbons (Fsp3) is 0.176. The van der Waals surface area contributed by atoms with Crippen LogP contribution in [0.3, 0.4) is 0 Å². The molecule has 0 aliphatic rings. The molecule has 0 spiro atoms. The van der Waals surface area contributed by atoms with Gasteiger partial charge in [-0.25, -0.2) is 4.68 Å². The summed E-state index contributed by atoms with van der Waals surface area (Å²) in [6.45, 7) is 0. The predicted octanol–water partition coefficient (Wildman–Crippen LogP) is 4.32. The molecule has 0 radical (unpaired) electrons. The van der Waals surface area contributed by atoms with Gasteiger partial charge in [-0.05, 0) is 30.3 Å². The number of rotatable bonds is 3. The number of para-hydroxylation sites is 1. The summed E-state index contributed by atoms with van der Waals surface area (Å²) in [5.74, 6) is -0.196. The van der Waals surface area contributed by atoms with Gasteiger partial charge >= 0.3 is 6.18 Å². The molecule has 0 atom stereocenters. The molecule has 0 bridgehead atoms. The van der Waals surface area contributed by atoms with Crippen LogP contribution >= 0.6 is 11.3 Å². The Morgan fingerprint density at radius 2 is 1.80 bits per heavy atom. The van der Waals surface area contributed by atoms with Gasteiger partial charge in [-0.3, -0.25) is 4.79 Å². The number of aromatic nitrogens is 2. The summed E-state index contributed by atoms with van der Waals surface area (Å²) >= 11 is 1.14. The second-order valence-electron chi connectivity index (χ2n) is 5.52. The van der Waals surface area contributed by atoms with Gasteiger partial charge < -0.3 is 4.90 Å². The Hall–Kier alpha value is -2.61. The normalized spacial score (nSPS) is 11.6. The maximum Gasteiger partial charge on any atom is 0.435 e. The van der Waals surface area contributed by atoms with Crippen molar-refractivity contribution in [2.24, 2.45) is 0 Å².